The van der Waals surface area contributed by atoms with Crippen LogP contribution in [0.25, 0.3) is 0 Å². The van der Waals surface area contributed by atoms with Crippen LogP contribution in [0.2, 0.25) is 0 Å². The lowest BCUT2D eigenvalue weighted by Crippen LogP contribution is -2.33. The van der Waals surface area contributed by atoms with Crippen molar-refractivity contribution in [2.75, 3.05) is 19.6 Å². The fraction of sp³-hybridized carbons (Fsp3) is 0.692. The zero-order chi connectivity index (χ0) is 14.6. The van der Waals surface area contributed by atoms with Gasteiger partial charge in [-0.1, -0.05) is 5.21 Å². The maximum atomic E-state index is 12.0. The van der Waals surface area contributed by atoms with E-state index in [1.165, 1.54) is 0 Å². The standard InChI is InChI=1S/C13H20N6O/c1-13(2,8-14)9-16-12(20)11-7-19(18-17-11)10-3-5-15-6-4-10/h7,10,15H,3-6,9H2,1-2H3,(H,16,20). The summed E-state index contributed by atoms with van der Waals surface area (Å²) in [6, 6.07) is 2.45. The van der Waals surface area contributed by atoms with Crippen LogP contribution in [-0.2, 0) is 0 Å². The van der Waals surface area contributed by atoms with Gasteiger partial charge in [-0.2, -0.15) is 5.26 Å². The zero-order valence-corrected chi connectivity index (χ0v) is 11.9. The molecule has 0 saturated carbocycles. The number of carbonyl (C=O) groups excluding carboxylic acids is 1. The molecule has 1 aliphatic rings. The molecule has 7 nitrogen and oxygen atoms in total. The van der Waals surface area contributed by atoms with Crippen molar-refractivity contribution in [1.82, 2.24) is 25.6 Å². The van der Waals surface area contributed by atoms with Crippen LogP contribution in [0, 0.1) is 16.7 Å². The molecule has 0 spiro atoms. The van der Waals surface area contributed by atoms with Crippen molar-refractivity contribution < 1.29 is 4.79 Å². The van der Waals surface area contributed by atoms with Gasteiger partial charge in [0.1, 0.15) is 0 Å². The zero-order valence-electron chi connectivity index (χ0n) is 11.9. The second kappa shape index (κ2) is 6.01. The van der Waals surface area contributed by atoms with Gasteiger partial charge >= 0.3 is 0 Å². The van der Waals surface area contributed by atoms with Crippen LogP contribution >= 0.6 is 0 Å². The number of hydrogen-bond acceptors (Lipinski definition) is 5. The van der Waals surface area contributed by atoms with Gasteiger partial charge in [-0.05, 0) is 39.8 Å². The van der Waals surface area contributed by atoms with Gasteiger partial charge in [0.15, 0.2) is 5.69 Å². The van der Waals surface area contributed by atoms with Crippen molar-refractivity contribution >= 4 is 5.91 Å². The fourth-order valence-electron chi connectivity index (χ4n) is 2.06. The first-order valence-electron chi connectivity index (χ1n) is 6.84. The maximum absolute atomic E-state index is 12.0. The SMILES string of the molecule is CC(C)(C#N)CNC(=O)c1cn(C2CCNCC2)nn1. The molecular formula is C13H20N6O. The second-order valence-electron chi connectivity index (χ2n) is 5.74. The summed E-state index contributed by atoms with van der Waals surface area (Å²) in [5.41, 5.74) is -0.280. The number of piperidine rings is 1. The average Bonchev–Trinajstić information content (AvgIpc) is 2.96. The highest BCUT2D eigenvalue weighted by molar-refractivity contribution is 5.91. The molecule has 0 aromatic carbocycles. The predicted octanol–water partition coefficient (Wildman–Crippen LogP) is 0.482. The Morgan fingerprint density at radius 1 is 1.60 bits per heavy atom. The number of hydrogen-bond donors (Lipinski definition) is 2. The molecule has 1 saturated heterocycles. The maximum Gasteiger partial charge on any atom is 0.273 e. The Kier molecular flexibility index (Phi) is 4.35. The van der Waals surface area contributed by atoms with Crippen LogP contribution in [0.4, 0.5) is 0 Å². The topological polar surface area (TPSA) is 95.6 Å². The molecule has 20 heavy (non-hydrogen) atoms. The molecule has 1 amide bonds. The van der Waals surface area contributed by atoms with Gasteiger partial charge < -0.3 is 10.6 Å². The summed E-state index contributed by atoms with van der Waals surface area (Å²) in [6.07, 6.45) is 3.67. The summed E-state index contributed by atoms with van der Waals surface area (Å²) in [5, 5.41) is 22.9. The minimum Gasteiger partial charge on any atom is -0.349 e. The monoisotopic (exact) mass is 276 g/mol. The molecular weight excluding hydrogens is 256 g/mol. The summed E-state index contributed by atoms with van der Waals surface area (Å²) >= 11 is 0. The van der Waals surface area contributed by atoms with Gasteiger partial charge in [0, 0.05) is 6.54 Å². The molecule has 0 unspecified atom stereocenters. The van der Waals surface area contributed by atoms with Crippen molar-refractivity contribution in [2.24, 2.45) is 5.41 Å². The van der Waals surface area contributed by atoms with E-state index < -0.39 is 5.41 Å². The van der Waals surface area contributed by atoms with Crippen molar-refractivity contribution in [3.8, 4) is 6.07 Å². The van der Waals surface area contributed by atoms with Crippen LogP contribution < -0.4 is 10.6 Å². The average molecular weight is 276 g/mol. The Labute approximate surface area is 118 Å². The van der Waals surface area contributed by atoms with Crippen molar-refractivity contribution in [3.05, 3.63) is 11.9 Å². The van der Waals surface area contributed by atoms with Gasteiger partial charge in [-0.15, -0.1) is 5.10 Å². The molecule has 1 aromatic rings. The van der Waals surface area contributed by atoms with E-state index in [1.807, 2.05) is 0 Å². The highest BCUT2D eigenvalue weighted by atomic mass is 16.2. The number of carbonyl (C=O) groups is 1. The van der Waals surface area contributed by atoms with E-state index in [2.05, 4.69) is 27.0 Å². The number of nitrogens with zero attached hydrogens (tertiary/aromatic N) is 4. The number of nitriles is 1. The summed E-state index contributed by atoms with van der Waals surface area (Å²) in [6.45, 7) is 5.77. The molecule has 1 aliphatic heterocycles. The van der Waals surface area contributed by atoms with E-state index in [1.54, 1.807) is 24.7 Å². The Morgan fingerprint density at radius 2 is 2.30 bits per heavy atom. The highest BCUT2D eigenvalue weighted by Gasteiger charge is 2.21. The smallest absolute Gasteiger partial charge is 0.273 e. The van der Waals surface area contributed by atoms with E-state index in [4.69, 9.17) is 5.26 Å². The molecule has 2 rings (SSSR count). The van der Waals surface area contributed by atoms with E-state index in [9.17, 15) is 4.79 Å². The first kappa shape index (κ1) is 14.5. The molecule has 0 aliphatic carbocycles. The molecule has 7 heteroatoms. The molecule has 1 fully saturated rings. The Balaban J connectivity index is 1.94. The van der Waals surface area contributed by atoms with E-state index >= 15 is 0 Å². The lowest BCUT2D eigenvalue weighted by molar-refractivity contribution is 0.0938. The Morgan fingerprint density at radius 3 is 2.95 bits per heavy atom. The number of amides is 1. The third-order valence-corrected chi connectivity index (χ3v) is 3.42. The summed E-state index contributed by atoms with van der Waals surface area (Å²) in [4.78, 5) is 12.0. The number of rotatable bonds is 4. The lowest BCUT2D eigenvalue weighted by Gasteiger charge is -2.22. The van der Waals surface area contributed by atoms with Crippen LogP contribution in [-0.4, -0.2) is 40.5 Å². The summed E-state index contributed by atoms with van der Waals surface area (Å²) in [5.74, 6) is -0.284. The largest absolute Gasteiger partial charge is 0.349 e. The lowest BCUT2D eigenvalue weighted by atomic mass is 9.96. The second-order valence-corrected chi connectivity index (χ2v) is 5.74. The van der Waals surface area contributed by atoms with Crippen LogP contribution in [0.1, 0.15) is 43.2 Å². The summed E-state index contributed by atoms with van der Waals surface area (Å²) in [7, 11) is 0. The van der Waals surface area contributed by atoms with Crippen molar-refractivity contribution in [3.63, 3.8) is 0 Å². The highest BCUT2D eigenvalue weighted by Crippen LogP contribution is 2.17. The molecule has 2 N–H and O–H groups in total. The molecule has 2 heterocycles. The number of aromatic nitrogens is 3. The van der Waals surface area contributed by atoms with Gasteiger partial charge in [-0.3, -0.25) is 4.79 Å². The van der Waals surface area contributed by atoms with Crippen LogP contribution in [0.3, 0.4) is 0 Å². The van der Waals surface area contributed by atoms with Gasteiger partial charge in [0.05, 0.1) is 23.7 Å². The molecule has 0 radical (unpaired) electrons. The minimum atomic E-state index is -0.583. The van der Waals surface area contributed by atoms with Crippen LogP contribution in [0.5, 0.6) is 0 Å². The van der Waals surface area contributed by atoms with E-state index in [0.717, 1.165) is 25.9 Å². The fourth-order valence-corrected chi connectivity index (χ4v) is 2.06. The minimum absolute atomic E-state index is 0.284. The third-order valence-electron chi connectivity index (χ3n) is 3.42. The molecule has 0 bridgehead atoms. The van der Waals surface area contributed by atoms with E-state index in [0.29, 0.717) is 18.3 Å². The summed E-state index contributed by atoms with van der Waals surface area (Å²) < 4.78 is 1.77. The van der Waals surface area contributed by atoms with Crippen LogP contribution in [0.15, 0.2) is 6.20 Å². The van der Waals surface area contributed by atoms with Gasteiger partial charge in [0.25, 0.3) is 5.91 Å². The Hall–Kier alpha value is -1.94. The van der Waals surface area contributed by atoms with Gasteiger partial charge in [-0.25, -0.2) is 4.68 Å². The first-order valence-corrected chi connectivity index (χ1v) is 6.84. The van der Waals surface area contributed by atoms with Crippen molar-refractivity contribution in [2.45, 2.75) is 32.7 Å². The predicted molar refractivity (Wildman–Crippen MR) is 72.9 cm³/mol. The third kappa shape index (κ3) is 3.54. The first-order chi connectivity index (χ1) is 9.52. The molecule has 1 aromatic heterocycles. The quantitative estimate of drug-likeness (QED) is 0.834. The molecule has 108 valence electrons. The van der Waals surface area contributed by atoms with E-state index in [-0.39, 0.29) is 5.91 Å². The molecule has 0 atom stereocenters. The number of nitrogens with one attached hydrogen (secondary N) is 2. The normalized spacial score (nSPS) is 16.6. The Bertz CT molecular complexity index is 509. The van der Waals surface area contributed by atoms with Gasteiger partial charge in [0.2, 0.25) is 0 Å². The van der Waals surface area contributed by atoms with Crippen molar-refractivity contribution in [1.29, 1.82) is 5.26 Å².